The van der Waals surface area contributed by atoms with Crippen molar-refractivity contribution in [2.75, 3.05) is 77.7 Å². The Bertz CT molecular complexity index is 2560. The second-order valence-corrected chi connectivity index (χ2v) is 19.3. The predicted molar refractivity (Wildman–Crippen MR) is 245 cm³/mol. The zero-order valence-electron chi connectivity index (χ0n) is 36.1. The number of nitrogen functional groups attached to an aromatic ring is 1. The first-order valence-corrected chi connectivity index (χ1v) is 23.0. The highest BCUT2D eigenvalue weighted by Crippen LogP contribution is 2.56. The van der Waals surface area contributed by atoms with Gasteiger partial charge < -0.3 is 35.0 Å². The van der Waals surface area contributed by atoms with E-state index in [9.17, 15) is 14.7 Å². The number of carbonyl (C=O) groups excluding carboxylic acids is 2. The second-order valence-electron chi connectivity index (χ2n) is 19.3. The van der Waals surface area contributed by atoms with E-state index in [2.05, 4.69) is 64.9 Å². The van der Waals surface area contributed by atoms with Crippen LogP contribution in [-0.4, -0.2) is 101 Å². The number of rotatable bonds is 8. The number of piperazine rings is 1. The van der Waals surface area contributed by atoms with Crippen molar-refractivity contribution < 1.29 is 19.1 Å². The van der Waals surface area contributed by atoms with Crippen LogP contribution in [0.2, 0.25) is 0 Å². The highest BCUT2D eigenvalue weighted by atomic mass is 19.1. The van der Waals surface area contributed by atoms with Gasteiger partial charge in [0.25, 0.3) is 0 Å². The van der Waals surface area contributed by atoms with Crippen LogP contribution in [0.3, 0.4) is 0 Å². The number of imide groups is 1. The molecule has 6 aliphatic rings. The maximum atomic E-state index is 16.7. The number of amides is 3. The monoisotopic (exact) mass is 852 g/mol. The zero-order valence-corrected chi connectivity index (χ0v) is 36.1. The topological polar surface area (TPSA) is 139 Å². The molecular formula is C49H57FN10O3. The van der Waals surface area contributed by atoms with Crippen LogP contribution in [0.15, 0.2) is 72.9 Å². The van der Waals surface area contributed by atoms with Crippen molar-refractivity contribution in [1.29, 1.82) is 0 Å². The first kappa shape index (κ1) is 39.9. The summed E-state index contributed by atoms with van der Waals surface area (Å²) in [7, 11) is 0. The number of carbonyl (C=O) groups is 2. The van der Waals surface area contributed by atoms with E-state index in [0.717, 1.165) is 75.5 Å². The SMILES string of the molecule is Cc1cn(C2CC3(CCN(CC4CCN(c5cccc(N6C7CCC6CN(c6cc(-c8ccccc8O)nnc6N)C7)c5F)CC4)CC3)C2)c2ccc(N3CCC(=O)NC3=O)cc12. The van der Waals surface area contributed by atoms with E-state index in [-0.39, 0.29) is 35.6 Å². The number of phenolic OH excluding ortho intramolecular Hbond substituents is 1. The largest absolute Gasteiger partial charge is 0.507 e. The Hall–Kier alpha value is -5.89. The molecule has 5 aliphatic heterocycles. The normalized spacial score (nSPS) is 23.2. The highest BCUT2D eigenvalue weighted by molar-refractivity contribution is 6.06. The van der Waals surface area contributed by atoms with Gasteiger partial charge in [-0.2, -0.15) is 0 Å². The minimum atomic E-state index is -0.346. The molecule has 1 aliphatic carbocycles. The van der Waals surface area contributed by atoms with Crippen molar-refractivity contribution in [2.24, 2.45) is 11.3 Å². The third-order valence-electron chi connectivity index (χ3n) is 15.5. The van der Waals surface area contributed by atoms with Crippen molar-refractivity contribution in [3.63, 3.8) is 0 Å². The van der Waals surface area contributed by atoms with Gasteiger partial charge >= 0.3 is 6.03 Å². The molecule has 63 heavy (non-hydrogen) atoms. The number of phenols is 1. The fourth-order valence-electron chi connectivity index (χ4n) is 12.1. The number of piperidine rings is 2. The Labute approximate surface area is 367 Å². The molecule has 5 saturated heterocycles. The number of aromatic hydroxyl groups is 1. The number of nitrogens with one attached hydrogen (secondary N) is 1. The maximum absolute atomic E-state index is 16.7. The van der Waals surface area contributed by atoms with Gasteiger partial charge in [0, 0.05) is 92.2 Å². The summed E-state index contributed by atoms with van der Waals surface area (Å²) in [5.41, 5.74) is 13.5. The van der Waals surface area contributed by atoms with Crippen molar-refractivity contribution in [1.82, 2.24) is 25.0 Å². The first-order valence-electron chi connectivity index (χ1n) is 23.0. The summed E-state index contributed by atoms with van der Waals surface area (Å²) in [6.45, 7) is 9.14. The van der Waals surface area contributed by atoms with Crippen molar-refractivity contribution in [3.05, 3.63) is 84.3 Å². The van der Waals surface area contributed by atoms with Crippen LogP contribution >= 0.6 is 0 Å². The van der Waals surface area contributed by atoms with E-state index in [1.54, 1.807) is 17.0 Å². The number of nitrogens with zero attached hydrogens (tertiary/aromatic N) is 8. The smallest absolute Gasteiger partial charge is 0.328 e. The highest BCUT2D eigenvalue weighted by Gasteiger charge is 2.47. The summed E-state index contributed by atoms with van der Waals surface area (Å²) in [5, 5.41) is 22.6. The lowest BCUT2D eigenvalue weighted by atomic mass is 9.60. The van der Waals surface area contributed by atoms with Crippen molar-refractivity contribution in [2.45, 2.75) is 82.8 Å². The molecular weight excluding hydrogens is 796 g/mol. The quantitative estimate of drug-likeness (QED) is 0.144. The number of aromatic nitrogens is 3. The van der Waals surface area contributed by atoms with Gasteiger partial charge in [0.1, 0.15) is 5.75 Å². The molecule has 4 N–H and O–H groups in total. The third kappa shape index (κ3) is 7.19. The van der Waals surface area contributed by atoms with Crippen LogP contribution in [0.4, 0.5) is 37.8 Å². The first-order chi connectivity index (χ1) is 30.6. The number of aryl methyl sites for hydroxylation is 1. The summed E-state index contributed by atoms with van der Waals surface area (Å²) in [4.78, 5) is 35.4. The fraction of sp³-hybridized carbons (Fsp3) is 0.469. The van der Waals surface area contributed by atoms with Gasteiger partial charge in [0.15, 0.2) is 11.6 Å². The molecule has 2 aromatic heterocycles. The number of fused-ring (bicyclic) bond motifs is 3. The van der Waals surface area contributed by atoms with E-state index < -0.39 is 0 Å². The number of benzene rings is 3. The molecule has 14 heteroatoms. The number of hydrogen-bond donors (Lipinski definition) is 3. The van der Waals surface area contributed by atoms with E-state index in [1.807, 2.05) is 42.5 Å². The zero-order chi connectivity index (χ0) is 43.0. The molecule has 2 bridgehead atoms. The molecule has 11 rings (SSSR count). The van der Waals surface area contributed by atoms with Gasteiger partial charge in [-0.3, -0.25) is 15.0 Å². The van der Waals surface area contributed by atoms with Gasteiger partial charge in [-0.05, 0) is 137 Å². The molecule has 2 atom stereocenters. The van der Waals surface area contributed by atoms with E-state index in [4.69, 9.17) is 5.73 Å². The molecule has 1 saturated carbocycles. The summed E-state index contributed by atoms with van der Waals surface area (Å²) >= 11 is 0. The van der Waals surface area contributed by atoms with Crippen LogP contribution in [-0.2, 0) is 4.79 Å². The van der Waals surface area contributed by atoms with Crippen LogP contribution in [0, 0.1) is 24.1 Å². The maximum Gasteiger partial charge on any atom is 0.328 e. The molecule has 7 heterocycles. The molecule has 3 aromatic carbocycles. The molecule has 3 amide bonds. The van der Waals surface area contributed by atoms with Gasteiger partial charge in [-0.25, -0.2) is 9.18 Å². The lowest BCUT2D eigenvalue weighted by Crippen LogP contribution is -2.54. The predicted octanol–water partition coefficient (Wildman–Crippen LogP) is 7.47. The van der Waals surface area contributed by atoms with Gasteiger partial charge in [-0.1, -0.05) is 18.2 Å². The summed E-state index contributed by atoms with van der Waals surface area (Å²) in [5.74, 6) is 0.808. The molecule has 2 unspecified atom stereocenters. The molecule has 1 spiro atoms. The Morgan fingerprint density at radius 2 is 1.57 bits per heavy atom. The molecule has 6 fully saturated rings. The van der Waals surface area contributed by atoms with Crippen molar-refractivity contribution >= 4 is 51.4 Å². The fourth-order valence-corrected chi connectivity index (χ4v) is 12.1. The Morgan fingerprint density at radius 3 is 2.32 bits per heavy atom. The molecule has 328 valence electrons. The summed E-state index contributed by atoms with van der Waals surface area (Å²) < 4.78 is 19.2. The third-order valence-corrected chi connectivity index (χ3v) is 15.5. The van der Waals surface area contributed by atoms with Crippen LogP contribution < -0.4 is 30.7 Å². The standard InChI is InChI=1S/C49H57FN10O3/c1-31-27-59(40-12-11-33(23-38(31)40)58-20-15-45(62)52-48(58)63)36-25-49(26-36)16-21-55(22-17-49)28-32-13-18-56(19-14-32)41-6-4-7-42(46(41)50)60-34-9-10-35(60)30-57(29-34)43-24-39(53-54-47(43)51)37-5-2-3-8-44(37)61/h2-8,11-12,23-24,27,32,34-36,61H,9-10,13-22,25-26,28-30H2,1H3,(H2,51,54)(H,52,62,63). The molecule has 0 radical (unpaired) electrons. The van der Waals surface area contributed by atoms with Crippen molar-refractivity contribution in [3.8, 4) is 17.0 Å². The lowest BCUT2D eigenvalue weighted by Gasteiger charge is -2.53. The van der Waals surface area contributed by atoms with Gasteiger partial charge in [-0.15, -0.1) is 10.2 Å². The molecule has 5 aromatic rings. The van der Waals surface area contributed by atoms with Crippen LogP contribution in [0.25, 0.3) is 22.2 Å². The van der Waals surface area contributed by atoms with Gasteiger partial charge in [0.05, 0.1) is 22.8 Å². The van der Waals surface area contributed by atoms with Crippen LogP contribution in [0.5, 0.6) is 5.75 Å². The van der Waals surface area contributed by atoms with E-state index in [1.165, 1.54) is 42.1 Å². The lowest BCUT2D eigenvalue weighted by molar-refractivity contribution is -0.120. The Morgan fingerprint density at radius 1 is 0.825 bits per heavy atom. The summed E-state index contributed by atoms with van der Waals surface area (Å²) in [6.07, 6.45) is 11.6. The number of para-hydroxylation sites is 1. The number of likely N-dealkylation sites (tertiary alicyclic amines) is 1. The molecule has 13 nitrogen and oxygen atoms in total. The second kappa shape index (κ2) is 15.7. The van der Waals surface area contributed by atoms with Crippen LogP contribution in [0.1, 0.15) is 69.4 Å². The number of hydrogen-bond acceptors (Lipinski definition) is 10. The average Bonchev–Trinajstić information content (AvgIpc) is 3.74. The number of halogens is 1. The summed E-state index contributed by atoms with van der Waals surface area (Å²) in [6, 6.07) is 21.7. The number of anilines is 5. The van der Waals surface area contributed by atoms with E-state index >= 15 is 4.39 Å². The number of nitrogens with two attached hydrogens (primary N) is 1. The Kier molecular flexibility index (Phi) is 9.96. The number of urea groups is 1. The Balaban J connectivity index is 0.676. The minimum absolute atomic E-state index is 0.105. The van der Waals surface area contributed by atoms with E-state index in [0.29, 0.717) is 66.2 Å². The van der Waals surface area contributed by atoms with Gasteiger partial charge in [0.2, 0.25) is 5.91 Å². The minimum Gasteiger partial charge on any atom is -0.507 e. The average molecular weight is 853 g/mol.